The number of thioether (sulfide) groups is 1. The minimum absolute atomic E-state index is 0.0637. The van der Waals surface area contributed by atoms with Crippen LogP contribution in [0.15, 0.2) is 75.4 Å². The van der Waals surface area contributed by atoms with Crippen molar-refractivity contribution in [1.82, 2.24) is 0 Å². The topological polar surface area (TPSA) is 102 Å². The molecule has 7 nitrogen and oxygen atoms in total. The van der Waals surface area contributed by atoms with Gasteiger partial charge in [0.15, 0.2) is 9.84 Å². The standard InChI is InChI=1S/C27H26N2O5S2/c1-17-5-4-6-18(2)22(17)16-36(32,33)21-11-12-24-23(14-21)29-27(31)25(35-24)13-19-7-9-20(10-8-19)28-15-26(30)34-3/h4-14,28H,15-16H2,1-3H3,(H,29,31). The Labute approximate surface area is 214 Å². The van der Waals surface area contributed by atoms with E-state index in [0.29, 0.717) is 10.6 Å². The summed E-state index contributed by atoms with van der Waals surface area (Å²) in [6, 6.07) is 17.8. The summed E-state index contributed by atoms with van der Waals surface area (Å²) in [4.78, 5) is 25.5. The van der Waals surface area contributed by atoms with E-state index in [1.165, 1.54) is 24.9 Å². The molecule has 4 rings (SSSR count). The van der Waals surface area contributed by atoms with E-state index in [0.717, 1.165) is 32.8 Å². The zero-order valence-corrected chi connectivity index (χ0v) is 21.8. The summed E-state index contributed by atoms with van der Waals surface area (Å²) in [5, 5.41) is 5.78. The first kappa shape index (κ1) is 25.5. The molecule has 0 aromatic heterocycles. The lowest BCUT2D eigenvalue weighted by atomic mass is 10.1. The van der Waals surface area contributed by atoms with Crippen LogP contribution in [0.1, 0.15) is 22.3 Å². The minimum atomic E-state index is -3.60. The van der Waals surface area contributed by atoms with E-state index in [1.807, 2.05) is 56.3 Å². The summed E-state index contributed by atoms with van der Waals surface area (Å²) in [5.74, 6) is -0.762. The molecule has 1 aliphatic rings. The summed E-state index contributed by atoms with van der Waals surface area (Å²) in [7, 11) is -2.27. The van der Waals surface area contributed by atoms with Gasteiger partial charge in [-0.15, -0.1) is 0 Å². The maximum Gasteiger partial charge on any atom is 0.325 e. The molecule has 0 atom stereocenters. The minimum Gasteiger partial charge on any atom is -0.468 e. The first-order valence-electron chi connectivity index (χ1n) is 11.2. The van der Waals surface area contributed by atoms with Crippen LogP contribution in [0.2, 0.25) is 0 Å². The molecule has 0 bridgehead atoms. The fourth-order valence-electron chi connectivity index (χ4n) is 3.78. The van der Waals surface area contributed by atoms with Gasteiger partial charge in [0, 0.05) is 10.6 Å². The van der Waals surface area contributed by atoms with E-state index in [2.05, 4.69) is 15.4 Å². The molecular formula is C27H26N2O5S2. The highest BCUT2D eigenvalue weighted by atomic mass is 32.2. The fourth-order valence-corrected chi connectivity index (χ4v) is 6.28. The van der Waals surface area contributed by atoms with Crippen LogP contribution in [0, 0.1) is 13.8 Å². The maximum atomic E-state index is 13.1. The summed E-state index contributed by atoms with van der Waals surface area (Å²) >= 11 is 1.29. The zero-order chi connectivity index (χ0) is 25.9. The second-order valence-electron chi connectivity index (χ2n) is 8.40. The maximum absolute atomic E-state index is 13.1. The third kappa shape index (κ3) is 5.80. The first-order chi connectivity index (χ1) is 17.2. The molecule has 0 unspecified atom stereocenters. The van der Waals surface area contributed by atoms with Crippen molar-refractivity contribution in [1.29, 1.82) is 0 Å². The number of amides is 1. The average Bonchev–Trinajstić information content (AvgIpc) is 2.86. The number of anilines is 2. The largest absolute Gasteiger partial charge is 0.468 e. The van der Waals surface area contributed by atoms with Gasteiger partial charge in [-0.25, -0.2) is 8.42 Å². The Bertz CT molecular complexity index is 1440. The third-order valence-corrected chi connectivity index (χ3v) is 8.59. The van der Waals surface area contributed by atoms with Crippen LogP contribution in [0.4, 0.5) is 11.4 Å². The van der Waals surface area contributed by atoms with Gasteiger partial charge in [0.2, 0.25) is 0 Å². The summed E-state index contributed by atoms with van der Waals surface area (Å²) in [6.07, 6.45) is 1.76. The number of fused-ring (bicyclic) bond motifs is 1. The fraction of sp³-hybridized carbons (Fsp3) is 0.185. The molecule has 186 valence electrons. The molecule has 0 saturated carbocycles. The summed E-state index contributed by atoms with van der Waals surface area (Å²) in [6.45, 7) is 3.87. The lowest BCUT2D eigenvalue weighted by Crippen LogP contribution is -2.18. The summed E-state index contributed by atoms with van der Waals surface area (Å²) in [5.41, 5.74) is 4.71. The van der Waals surface area contributed by atoms with E-state index in [-0.39, 0.29) is 29.1 Å². The Morgan fingerprint density at radius 1 is 1.06 bits per heavy atom. The second-order valence-corrected chi connectivity index (χ2v) is 11.5. The zero-order valence-electron chi connectivity index (χ0n) is 20.1. The van der Waals surface area contributed by atoms with Gasteiger partial charge < -0.3 is 15.4 Å². The smallest absolute Gasteiger partial charge is 0.325 e. The number of hydrogen-bond acceptors (Lipinski definition) is 7. The van der Waals surface area contributed by atoms with Crippen molar-refractivity contribution in [3.63, 3.8) is 0 Å². The molecule has 2 N–H and O–H groups in total. The van der Waals surface area contributed by atoms with Crippen LogP contribution in [-0.4, -0.2) is 33.9 Å². The van der Waals surface area contributed by atoms with Gasteiger partial charge in [-0.05, 0) is 72.5 Å². The number of nitrogens with one attached hydrogen (secondary N) is 2. The highest BCUT2D eigenvalue weighted by Gasteiger charge is 2.25. The lowest BCUT2D eigenvalue weighted by molar-refractivity contribution is -0.138. The normalized spacial score (nSPS) is 14.2. The molecule has 1 aliphatic heterocycles. The van der Waals surface area contributed by atoms with Crippen molar-refractivity contribution < 1.29 is 22.7 Å². The van der Waals surface area contributed by atoms with Crippen LogP contribution >= 0.6 is 11.8 Å². The van der Waals surface area contributed by atoms with Crippen molar-refractivity contribution in [3.8, 4) is 0 Å². The van der Waals surface area contributed by atoms with Crippen LogP contribution in [0.3, 0.4) is 0 Å². The van der Waals surface area contributed by atoms with Crippen molar-refractivity contribution in [2.24, 2.45) is 0 Å². The third-order valence-electron chi connectivity index (χ3n) is 5.85. The number of rotatable bonds is 7. The van der Waals surface area contributed by atoms with Crippen molar-refractivity contribution in [3.05, 3.63) is 87.8 Å². The molecule has 36 heavy (non-hydrogen) atoms. The van der Waals surface area contributed by atoms with E-state index in [4.69, 9.17) is 0 Å². The number of ether oxygens (including phenoxy) is 1. The molecule has 3 aromatic carbocycles. The number of esters is 1. The van der Waals surface area contributed by atoms with Gasteiger partial charge in [0.05, 0.1) is 28.4 Å². The number of carbonyl (C=O) groups is 2. The van der Waals surface area contributed by atoms with Crippen LogP contribution in [0.5, 0.6) is 0 Å². The monoisotopic (exact) mass is 522 g/mol. The van der Waals surface area contributed by atoms with Crippen LogP contribution < -0.4 is 10.6 Å². The first-order valence-corrected chi connectivity index (χ1v) is 13.7. The Balaban J connectivity index is 1.51. The van der Waals surface area contributed by atoms with Crippen LogP contribution in [0.25, 0.3) is 6.08 Å². The van der Waals surface area contributed by atoms with Gasteiger partial charge in [-0.3, -0.25) is 9.59 Å². The Morgan fingerprint density at radius 3 is 2.42 bits per heavy atom. The highest BCUT2D eigenvalue weighted by molar-refractivity contribution is 8.04. The predicted molar refractivity (Wildman–Crippen MR) is 143 cm³/mol. The number of benzene rings is 3. The van der Waals surface area contributed by atoms with Crippen LogP contribution in [-0.2, 0) is 29.9 Å². The number of sulfone groups is 1. The molecule has 0 saturated heterocycles. The molecule has 0 spiro atoms. The summed E-state index contributed by atoms with van der Waals surface area (Å²) < 4.78 is 30.9. The molecular weight excluding hydrogens is 496 g/mol. The lowest BCUT2D eigenvalue weighted by Gasteiger charge is -2.20. The molecule has 0 fully saturated rings. The van der Waals surface area contributed by atoms with Gasteiger partial charge in [-0.1, -0.05) is 42.1 Å². The average molecular weight is 523 g/mol. The van der Waals surface area contributed by atoms with Gasteiger partial charge in [0.1, 0.15) is 6.54 Å². The van der Waals surface area contributed by atoms with E-state index >= 15 is 0 Å². The van der Waals surface area contributed by atoms with E-state index in [1.54, 1.807) is 18.2 Å². The molecule has 9 heteroatoms. The van der Waals surface area contributed by atoms with Gasteiger partial charge in [-0.2, -0.15) is 0 Å². The second kappa shape index (κ2) is 10.6. The number of hydrogen-bond donors (Lipinski definition) is 2. The molecule has 1 amide bonds. The predicted octanol–water partition coefficient (Wildman–Crippen LogP) is 4.95. The number of carbonyl (C=O) groups excluding carboxylic acids is 2. The van der Waals surface area contributed by atoms with Gasteiger partial charge in [0.25, 0.3) is 5.91 Å². The Kier molecular flexibility index (Phi) is 7.51. The van der Waals surface area contributed by atoms with E-state index < -0.39 is 9.84 Å². The molecule has 1 heterocycles. The quantitative estimate of drug-likeness (QED) is 0.334. The van der Waals surface area contributed by atoms with Crippen molar-refractivity contribution in [2.75, 3.05) is 24.3 Å². The molecule has 0 radical (unpaired) electrons. The number of aryl methyl sites for hydroxylation is 2. The molecule has 0 aliphatic carbocycles. The van der Waals surface area contributed by atoms with Crippen molar-refractivity contribution >= 4 is 50.9 Å². The molecule has 3 aromatic rings. The Morgan fingerprint density at radius 2 is 1.75 bits per heavy atom. The highest BCUT2D eigenvalue weighted by Crippen LogP contribution is 2.40. The Hall–Kier alpha value is -3.56. The van der Waals surface area contributed by atoms with Gasteiger partial charge >= 0.3 is 5.97 Å². The van der Waals surface area contributed by atoms with E-state index in [9.17, 15) is 18.0 Å². The van der Waals surface area contributed by atoms with Crippen molar-refractivity contribution in [2.45, 2.75) is 29.4 Å². The SMILES string of the molecule is COC(=O)CNc1ccc(C=C2Sc3ccc(S(=O)(=O)Cc4c(C)cccc4C)cc3NC2=O)cc1. The number of methoxy groups -OCH3 is 1.